The Kier molecular flexibility index (Phi) is 3.77. The Bertz CT molecular complexity index is 737. The number of nitrogens with two attached hydrogens (primary N) is 1. The summed E-state index contributed by atoms with van der Waals surface area (Å²) < 4.78 is 27.4. The Labute approximate surface area is 129 Å². The van der Waals surface area contributed by atoms with Crippen molar-refractivity contribution in [3.63, 3.8) is 0 Å². The average Bonchev–Trinajstić information content (AvgIpc) is 3.00. The molecule has 6 heteroatoms. The third kappa shape index (κ3) is 2.59. The lowest BCUT2D eigenvalue weighted by Crippen LogP contribution is -2.35. The molecular formula is C15H18N2O2S2. The summed E-state index contributed by atoms with van der Waals surface area (Å²) in [6.07, 6.45) is 1.73. The van der Waals surface area contributed by atoms with E-state index in [2.05, 4.69) is 0 Å². The third-order valence-electron chi connectivity index (χ3n) is 3.74. The van der Waals surface area contributed by atoms with Crippen molar-refractivity contribution in [1.29, 1.82) is 0 Å². The highest BCUT2D eigenvalue weighted by Crippen LogP contribution is 2.34. The Balaban J connectivity index is 2.05. The molecule has 21 heavy (non-hydrogen) atoms. The van der Waals surface area contributed by atoms with Crippen LogP contribution in [0.4, 0.5) is 5.69 Å². The number of anilines is 1. The maximum Gasteiger partial charge on any atom is 0.273 e. The summed E-state index contributed by atoms with van der Waals surface area (Å²) in [4.78, 5) is 0. The molecule has 0 spiro atoms. The van der Waals surface area contributed by atoms with E-state index >= 15 is 0 Å². The van der Waals surface area contributed by atoms with Crippen molar-refractivity contribution in [2.75, 3.05) is 10.8 Å². The molecule has 1 aliphatic rings. The Morgan fingerprint density at radius 2 is 2.14 bits per heavy atom. The van der Waals surface area contributed by atoms with Crippen molar-refractivity contribution in [3.8, 4) is 0 Å². The molecule has 0 saturated carbocycles. The summed E-state index contributed by atoms with van der Waals surface area (Å²) in [6.45, 7) is 2.47. The molecule has 1 aliphatic heterocycles. The highest BCUT2D eigenvalue weighted by molar-refractivity contribution is 7.94. The van der Waals surface area contributed by atoms with E-state index in [1.807, 2.05) is 25.1 Å². The fourth-order valence-corrected chi connectivity index (χ4v) is 5.28. The molecular weight excluding hydrogens is 304 g/mol. The Morgan fingerprint density at radius 1 is 1.33 bits per heavy atom. The van der Waals surface area contributed by atoms with Crippen molar-refractivity contribution >= 4 is 27.0 Å². The maximum absolute atomic E-state index is 12.7. The highest BCUT2D eigenvalue weighted by atomic mass is 32.2. The summed E-state index contributed by atoms with van der Waals surface area (Å²) in [5, 5.41) is 1.79. The first-order valence-electron chi connectivity index (χ1n) is 6.95. The number of rotatable bonds is 3. The number of sulfonamides is 1. The molecule has 112 valence electrons. The number of thiophene rings is 1. The summed E-state index contributed by atoms with van der Waals surface area (Å²) in [5.41, 5.74) is 8.82. The molecule has 1 aromatic carbocycles. The number of hydrogen-bond acceptors (Lipinski definition) is 4. The van der Waals surface area contributed by atoms with Gasteiger partial charge in [0.1, 0.15) is 4.21 Å². The first kappa shape index (κ1) is 14.6. The second kappa shape index (κ2) is 5.44. The third-order valence-corrected chi connectivity index (χ3v) is 6.93. The van der Waals surface area contributed by atoms with Crippen LogP contribution in [0.3, 0.4) is 0 Å². The van der Waals surface area contributed by atoms with Crippen LogP contribution in [0.2, 0.25) is 0 Å². The van der Waals surface area contributed by atoms with Crippen LogP contribution in [0.25, 0.3) is 0 Å². The largest absolute Gasteiger partial charge is 0.324 e. The van der Waals surface area contributed by atoms with Gasteiger partial charge in [0.15, 0.2) is 0 Å². The van der Waals surface area contributed by atoms with Gasteiger partial charge in [-0.1, -0.05) is 18.2 Å². The summed E-state index contributed by atoms with van der Waals surface area (Å²) >= 11 is 1.26. The first-order chi connectivity index (χ1) is 10.00. The molecule has 3 rings (SSSR count). The van der Waals surface area contributed by atoms with E-state index in [9.17, 15) is 8.42 Å². The van der Waals surface area contributed by atoms with Crippen LogP contribution in [0.5, 0.6) is 0 Å². The predicted molar refractivity (Wildman–Crippen MR) is 86.2 cm³/mol. The van der Waals surface area contributed by atoms with Gasteiger partial charge < -0.3 is 5.73 Å². The molecule has 0 amide bonds. The van der Waals surface area contributed by atoms with Crippen LogP contribution in [0.15, 0.2) is 39.9 Å². The van der Waals surface area contributed by atoms with Gasteiger partial charge in [0, 0.05) is 12.6 Å². The van der Waals surface area contributed by atoms with Crippen LogP contribution in [-0.4, -0.2) is 15.0 Å². The number of aryl methyl sites for hydroxylation is 1. The molecule has 0 fully saturated rings. The average molecular weight is 322 g/mol. The van der Waals surface area contributed by atoms with Gasteiger partial charge in [-0.15, -0.1) is 11.3 Å². The van der Waals surface area contributed by atoms with Crippen LogP contribution in [0.1, 0.15) is 30.5 Å². The fourth-order valence-electron chi connectivity index (χ4n) is 2.63. The predicted octanol–water partition coefficient (Wildman–Crippen LogP) is 2.91. The molecule has 1 atom stereocenters. The molecule has 0 radical (unpaired) electrons. The van der Waals surface area contributed by atoms with Crippen molar-refractivity contribution < 1.29 is 8.42 Å². The Hall–Kier alpha value is -1.37. The standard InChI is InChI=1S/C15H18N2O2S2/c1-11(16)12-6-7-14-13(10-12)4-2-8-17(14)21(18,19)15-5-3-9-20-15/h3,5-7,9-11H,2,4,8,16H2,1H3. The van der Waals surface area contributed by atoms with E-state index in [4.69, 9.17) is 5.73 Å². The summed E-state index contributed by atoms with van der Waals surface area (Å²) in [7, 11) is -3.44. The van der Waals surface area contributed by atoms with Crippen LogP contribution >= 0.6 is 11.3 Å². The molecule has 1 aromatic heterocycles. The van der Waals surface area contributed by atoms with Crippen LogP contribution in [-0.2, 0) is 16.4 Å². The van der Waals surface area contributed by atoms with Gasteiger partial charge in [0.25, 0.3) is 10.0 Å². The zero-order valence-electron chi connectivity index (χ0n) is 11.8. The minimum atomic E-state index is -3.44. The molecule has 0 saturated heterocycles. The van der Waals surface area contributed by atoms with E-state index in [0.717, 1.165) is 29.7 Å². The molecule has 2 aromatic rings. The van der Waals surface area contributed by atoms with Gasteiger partial charge in [-0.2, -0.15) is 0 Å². The van der Waals surface area contributed by atoms with E-state index in [-0.39, 0.29) is 6.04 Å². The van der Waals surface area contributed by atoms with Crippen molar-refractivity contribution in [1.82, 2.24) is 0 Å². The second-order valence-corrected chi connectivity index (χ2v) is 8.33. The molecule has 2 heterocycles. The summed E-state index contributed by atoms with van der Waals surface area (Å²) in [5.74, 6) is 0. The number of benzene rings is 1. The number of nitrogens with zero attached hydrogens (tertiary/aromatic N) is 1. The zero-order valence-corrected chi connectivity index (χ0v) is 13.5. The topological polar surface area (TPSA) is 63.4 Å². The van der Waals surface area contributed by atoms with Crippen molar-refractivity contribution in [3.05, 3.63) is 46.8 Å². The zero-order chi connectivity index (χ0) is 15.0. The van der Waals surface area contributed by atoms with Crippen LogP contribution in [0, 0.1) is 0 Å². The molecule has 0 bridgehead atoms. The quantitative estimate of drug-likeness (QED) is 0.945. The van der Waals surface area contributed by atoms with Gasteiger partial charge in [-0.25, -0.2) is 8.42 Å². The normalized spacial score (nSPS) is 16.6. The highest BCUT2D eigenvalue weighted by Gasteiger charge is 2.29. The first-order valence-corrected chi connectivity index (χ1v) is 9.27. The van der Waals surface area contributed by atoms with Crippen molar-refractivity contribution in [2.45, 2.75) is 30.0 Å². The smallest absolute Gasteiger partial charge is 0.273 e. The van der Waals surface area contributed by atoms with Crippen molar-refractivity contribution in [2.24, 2.45) is 5.73 Å². The van der Waals surface area contributed by atoms with E-state index in [0.29, 0.717) is 10.8 Å². The minimum Gasteiger partial charge on any atom is -0.324 e. The SMILES string of the molecule is CC(N)c1ccc2c(c1)CCCN2S(=O)(=O)c1cccs1. The second-order valence-electron chi connectivity index (χ2n) is 5.29. The van der Waals surface area contributed by atoms with Gasteiger partial charge in [0.05, 0.1) is 5.69 Å². The van der Waals surface area contributed by atoms with E-state index < -0.39 is 10.0 Å². The fraction of sp³-hybridized carbons (Fsp3) is 0.333. The lowest BCUT2D eigenvalue weighted by atomic mass is 9.98. The summed E-state index contributed by atoms with van der Waals surface area (Å²) in [6, 6.07) is 9.23. The number of hydrogen-bond donors (Lipinski definition) is 1. The molecule has 4 nitrogen and oxygen atoms in total. The van der Waals surface area contributed by atoms with Gasteiger partial charge in [0.2, 0.25) is 0 Å². The van der Waals surface area contributed by atoms with E-state index in [1.165, 1.54) is 15.6 Å². The molecule has 0 aliphatic carbocycles. The molecule has 2 N–H and O–H groups in total. The lowest BCUT2D eigenvalue weighted by molar-refractivity contribution is 0.588. The van der Waals surface area contributed by atoms with Gasteiger partial charge in [-0.05, 0) is 48.4 Å². The molecule has 1 unspecified atom stereocenters. The Morgan fingerprint density at radius 3 is 2.81 bits per heavy atom. The minimum absolute atomic E-state index is 0.0421. The van der Waals surface area contributed by atoms with Crippen LogP contribution < -0.4 is 10.0 Å². The monoisotopic (exact) mass is 322 g/mol. The van der Waals surface area contributed by atoms with E-state index in [1.54, 1.807) is 17.5 Å². The van der Waals surface area contributed by atoms with Gasteiger partial charge in [-0.3, -0.25) is 4.31 Å². The lowest BCUT2D eigenvalue weighted by Gasteiger charge is -2.30. The van der Waals surface area contributed by atoms with Gasteiger partial charge >= 0.3 is 0 Å². The number of fused-ring (bicyclic) bond motifs is 1. The maximum atomic E-state index is 12.7.